The Kier molecular flexibility index (Phi) is 3.30. The van der Waals surface area contributed by atoms with Gasteiger partial charge in [-0.1, -0.05) is 6.07 Å². The molecule has 18 heavy (non-hydrogen) atoms. The Morgan fingerprint density at radius 3 is 2.78 bits per heavy atom. The molecular formula is C10H10FN3O3S. The number of halogens is 1. The molecule has 8 heteroatoms. The molecule has 0 aliphatic heterocycles. The average Bonchev–Trinajstić information content (AvgIpc) is 2.80. The van der Waals surface area contributed by atoms with Crippen LogP contribution in [0.2, 0.25) is 0 Å². The molecule has 1 aromatic heterocycles. The number of sulfonamides is 1. The van der Waals surface area contributed by atoms with Gasteiger partial charge < -0.3 is 5.11 Å². The summed E-state index contributed by atoms with van der Waals surface area (Å²) in [6.07, 6.45) is 2.59. The number of aliphatic hydroxyl groups excluding tert-OH is 1. The number of aromatic nitrogens is 2. The highest BCUT2D eigenvalue weighted by atomic mass is 32.2. The van der Waals surface area contributed by atoms with Crippen LogP contribution < -0.4 is 4.72 Å². The maximum absolute atomic E-state index is 13.6. The van der Waals surface area contributed by atoms with Gasteiger partial charge in [0.25, 0.3) is 10.0 Å². The van der Waals surface area contributed by atoms with E-state index in [0.717, 1.165) is 12.1 Å². The summed E-state index contributed by atoms with van der Waals surface area (Å²) in [5, 5.41) is 14.8. The quantitative estimate of drug-likeness (QED) is 0.768. The van der Waals surface area contributed by atoms with E-state index in [4.69, 9.17) is 5.11 Å². The van der Waals surface area contributed by atoms with Crippen molar-refractivity contribution in [1.82, 2.24) is 10.2 Å². The Hall–Kier alpha value is -1.93. The molecule has 2 aromatic rings. The van der Waals surface area contributed by atoms with Crippen LogP contribution in [0, 0.1) is 5.82 Å². The fourth-order valence-electron chi connectivity index (χ4n) is 1.38. The van der Waals surface area contributed by atoms with Gasteiger partial charge in [0.05, 0.1) is 18.5 Å². The summed E-state index contributed by atoms with van der Waals surface area (Å²) >= 11 is 0. The molecular weight excluding hydrogens is 261 g/mol. The van der Waals surface area contributed by atoms with E-state index in [0.29, 0.717) is 5.56 Å². The number of nitrogens with zero attached hydrogens (tertiary/aromatic N) is 1. The number of rotatable bonds is 4. The van der Waals surface area contributed by atoms with E-state index < -0.39 is 20.7 Å². The first-order chi connectivity index (χ1) is 8.53. The number of nitrogens with one attached hydrogen (secondary N) is 2. The van der Waals surface area contributed by atoms with Crippen LogP contribution in [-0.4, -0.2) is 23.7 Å². The molecule has 0 saturated heterocycles. The van der Waals surface area contributed by atoms with Gasteiger partial charge in [0, 0.05) is 6.20 Å². The lowest BCUT2D eigenvalue weighted by Crippen LogP contribution is -2.14. The number of hydrogen-bond donors (Lipinski definition) is 3. The van der Waals surface area contributed by atoms with Crippen LogP contribution in [0.15, 0.2) is 35.5 Å². The van der Waals surface area contributed by atoms with Crippen molar-refractivity contribution in [3.8, 4) is 0 Å². The van der Waals surface area contributed by atoms with E-state index >= 15 is 0 Å². The zero-order valence-corrected chi connectivity index (χ0v) is 9.91. The molecule has 1 aromatic carbocycles. The smallest absolute Gasteiger partial charge is 0.264 e. The van der Waals surface area contributed by atoms with Crippen LogP contribution in [-0.2, 0) is 16.6 Å². The lowest BCUT2D eigenvalue weighted by molar-refractivity contribution is 0.281. The Labute approximate surface area is 103 Å². The highest BCUT2D eigenvalue weighted by Crippen LogP contribution is 2.19. The Balaban J connectivity index is 2.35. The minimum Gasteiger partial charge on any atom is -0.392 e. The van der Waals surface area contributed by atoms with Gasteiger partial charge >= 0.3 is 0 Å². The standard InChI is InChI=1S/C10H10FN3O3S/c11-9-3-7(6-15)1-2-10(9)18(16,17)14-8-4-12-13-5-8/h1-5,14-15H,6H2,(H,12,13). The molecule has 0 saturated carbocycles. The van der Waals surface area contributed by atoms with Crippen LogP contribution in [0.3, 0.4) is 0 Å². The van der Waals surface area contributed by atoms with Crippen molar-refractivity contribution in [2.75, 3.05) is 4.72 Å². The average molecular weight is 271 g/mol. The first-order valence-electron chi connectivity index (χ1n) is 4.94. The number of aromatic amines is 1. The molecule has 2 rings (SSSR count). The molecule has 0 unspecified atom stereocenters. The van der Waals surface area contributed by atoms with Gasteiger partial charge in [0.2, 0.25) is 0 Å². The Morgan fingerprint density at radius 1 is 1.44 bits per heavy atom. The zero-order chi connectivity index (χ0) is 13.2. The number of H-pyrrole nitrogens is 1. The molecule has 0 radical (unpaired) electrons. The van der Waals surface area contributed by atoms with Gasteiger partial charge in [-0.25, -0.2) is 12.8 Å². The van der Waals surface area contributed by atoms with Crippen LogP contribution in [0.1, 0.15) is 5.56 Å². The second-order valence-electron chi connectivity index (χ2n) is 3.52. The Bertz CT molecular complexity index is 640. The fourth-order valence-corrected chi connectivity index (χ4v) is 2.47. The lowest BCUT2D eigenvalue weighted by Gasteiger charge is -2.07. The molecule has 1 heterocycles. The first-order valence-corrected chi connectivity index (χ1v) is 6.42. The van der Waals surface area contributed by atoms with E-state index in [1.165, 1.54) is 18.5 Å². The second kappa shape index (κ2) is 4.75. The normalized spacial score (nSPS) is 11.4. The molecule has 0 fully saturated rings. The van der Waals surface area contributed by atoms with Crippen LogP contribution in [0.4, 0.5) is 10.1 Å². The van der Waals surface area contributed by atoms with Gasteiger partial charge in [0.15, 0.2) is 0 Å². The maximum atomic E-state index is 13.6. The summed E-state index contributed by atoms with van der Waals surface area (Å²) in [5.74, 6) is -0.919. The predicted octanol–water partition coefficient (Wildman–Crippen LogP) is 0.842. The number of aliphatic hydroxyl groups is 1. The fraction of sp³-hybridized carbons (Fsp3) is 0.100. The van der Waals surface area contributed by atoms with E-state index in [-0.39, 0.29) is 12.3 Å². The molecule has 0 aliphatic rings. The van der Waals surface area contributed by atoms with Gasteiger partial charge in [-0.05, 0) is 17.7 Å². The van der Waals surface area contributed by atoms with Crippen molar-refractivity contribution in [2.24, 2.45) is 0 Å². The largest absolute Gasteiger partial charge is 0.392 e. The van der Waals surface area contributed by atoms with Crippen molar-refractivity contribution in [3.63, 3.8) is 0 Å². The number of benzene rings is 1. The van der Waals surface area contributed by atoms with Crippen LogP contribution >= 0.6 is 0 Å². The Morgan fingerprint density at radius 2 is 2.22 bits per heavy atom. The molecule has 3 N–H and O–H groups in total. The van der Waals surface area contributed by atoms with E-state index in [2.05, 4.69) is 14.9 Å². The van der Waals surface area contributed by atoms with Crippen molar-refractivity contribution in [3.05, 3.63) is 42.0 Å². The SMILES string of the molecule is O=S(=O)(Nc1cn[nH]c1)c1ccc(CO)cc1F. The zero-order valence-electron chi connectivity index (χ0n) is 9.09. The van der Waals surface area contributed by atoms with E-state index in [9.17, 15) is 12.8 Å². The van der Waals surface area contributed by atoms with Crippen molar-refractivity contribution >= 4 is 15.7 Å². The number of anilines is 1. The van der Waals surface area contributed by atoms with Crippen LogP contribution in [0.5, 0.6) is 0 Å². The summed E-state index contributed by atoms with van der Waals surface area (Å²) in [7, 11) is -4.01. The third kappa shape index (κ3) is 2.49. The summed E-state index contributed by atoms with van der Waals surface area (Å²) in [6.45, 7) is -0.355. The summed E-state index contributed by atoms with van der Waals surface area (Å²) in [4.78, 5) is -0.485. The van der Waals surface area contributed by atoms with Gasteiger partial charge in [-0.15, -0.1) is 0 Å². The highest BCUT2D eigenvalue weighted by molar-refractivity contribution is 7.92. The lowest BCUT2D eigenvalue weighted by atomic mass is 10.2. The van der Waals surface area contributed by atoms with Crippen molar-refractivity contribution in [2.45, 2.75) is 11.5 Å². The summed E-state index contributed by atoms with van der Waals surface area (Å²) < 4.78 is 39.5. The van der Waals surface area contributed by atoms with Gasteiger partial charge in [-0.2, -0.15) is 5.10 Å². The summed E-state index contributed by atoms with van der Waals surface area (Å²) in [6, 6.07) is 3.42. The minimum atomic E-state index is -4.01. The first kappa shape index (κ1) is 12.5. The monoisotopic (exact) mass is 271 g/mol. The summed E-state index contributed by atoms with van der Waals surface area (Å²) in [5.41, 5.74) is 0.510. The maximum Gasteiger partial charge on any atom is 0.264 e. The van der Waals surface area contributed by atoms with Crippen molar-refractivity contribution < 1.29 is 17.9 Å². The molecule has 6 nitrogen and oxygen atoms in total. The topological polar surface area (TPSA) is 95.1 Å². The van der Waals surface area contributed by atoms with E-state index in [1.54, 1.807) is 0 Å². The minimum absolute atomic E-state index is 0.209. The number of hydrogen-bond acceptors (Lipinski definition) is 4. The van der Waals surface area contributed by atoms with E-state index in [1.807, 2.05) is 0 Å². The molecule has 0 spiro atoms. The molecule has 96 valence electrons. The molecule has 0 atom stereocenters. The van der Waals surface area contributed by atoms with Crippen LogP contribution in [0.25, 0.3) is 0 Å². The van der Waals surface area contributed by atoms with Crippen molar-refractivity contribution in [1.29, 1.82) is 0 Å². The predicted molar refractivity (Wildman–Crippen MR) is 61.7 cm³/mol. The third-order valence-corrected chi connectivity index (χ3v) is 3.63. The molecule has 0 bridgehead atoms. The van der Waals surface area contributed by atoms with Gasteiger partial charge in [-0.3, -0.25) is 9.82 Å². The van der Waals surface area contributed by atoms with Gasteiger partial charge in [0.1, 0.15) is 10.7 Å². The highest BCUT2D eigenvalue weighted by Gasteiger charge is 2.19. The molecule has 0 amide bonds. The second-order valence-corrected chi connectivity index (χ2v) is 5.17. The molecule has 0 aliphatic carbocycles. The third-order valence-electron chi connectivity index (χ3n) is 2.22.